The van der Waals surface area contributed by atoms with Gasteiger partial charge in [-0.3, -0.25) is 4.79 Å². The molecule has 1 saturated carbocycles. The van der Waals surface area contributed by atoms with E-state index in [2.05, 4.69) is 12.2 Å². The summed E-state index contributed by atoms with van der Waals surface area (Å²) in [5, 5.41) is 4.19. The highest BCUT2D eigenvalue weighted by atomic mass is 35.5. The third-order valence-electron chi connectivity index (χ3n) is 5.20. The lowest BCUT2D eigenvalue weighted by atomic mass is 10.0. The number of rotatable bonds is 10. The van der Waals surface area contributed by atoms with Crippen LogP contribution in [0.2, 0.25) is 5.02 Å². The Bertz CT molecular complexity index is 708. The van der Waals surface area contributed by atoms with Gasteiger partial charge in [0.1, 0.15) is 0 Å². The number of benzene rings is 2. The van der Waals surface area contributed by atoms with E-state index in [-0.39, 0.29) is 11.7 Å². The van der Waals surface area contributed by atoms with Gasteiger partial charge in [0.15, 0.2) is 5.78 Å². The van der Waals surface area contributed by atoms with Gasteiger partial charge in [-0.1, -0.05) is 56.3 Å². The summed E-state index contributed by atoms with van der Waals surface area (Å²) in [6.07, 6.45) is 7.36. The standard InChI is InChI=1S/C23H28ClNO/c1-2-3-4-5-6-15-25-20-13-9-18(10-14-20)23(26)22-16-21(22)17-7-11-19(24)12-8-17/h7-14,21-22,25H,2-6,15-16H2,1H3. The van der Waals surface area contributed by atoms with Gasteiger partial charge in [0.05, 0.1) is 0 Å². The van der Waals surface area contributed by atoms with Crippen LogP contribution in [0.15, 0.2) is 48.5 Å². The highest BCUT2D eigenvalue weighted by Crippen LogP contribution is 2.49. The highest BCUT2D eigenvalue weighted by molar-refractivity contribution is 6.30. The van der Waals surface area contributed by atoms with Crippen molar-refractivity contribution in [2.75, 3.05) is 11.9 Å². The summed E-state index contributed by atoms with van der Waals surface area (Å²) >= 11 is 5.94. The molecule has 0 radical (unpaired) electrons. The zero-order valence-electron chi connectivity index (χ0n) is 15.5. The van der Waals surface area contributed by atoms with E-state index >= 15 is 0 Å². The molecule has 3 rings (SSSR count). The third kappa shape index (κ3) is 5.11. The second kappa shape index (κ2) is 9.23. The summed E-state index contributed by atoms with van der Waals surface area (Å²) in [4.78, 5) is 12.7. The van der Waals surface area contributed by atoms with Gasteiger partial charge in [-0.15, -0.1) is 0 Å². The lowest BCUT2D eigenvalue weighted by Crippen LogP contribution is -2.05. The number of carbonyl (C=O) groups excluding carboxylic acids is 1. The summed E-state index contributed by atoms with van der Waals surface area (Å²) in [5.41, 5.74) is 3.14. The Morgan fingerprint density at radius 2 is 1.69 bits per heavy atom. The van der Waals surface area contributed by atoms with E-state index in [1.807, 2.05) is 48.5 Å². The summed E-state index contributed by atoms with van der Waals surface area (Å²) < 4.78 is 0. The van der Waals surface area contributed by atoms with Crippen LogP contribution in [-0.2, 0) is 0 Å². The van der Waals surface area contributed by atoms with Crippen molar-refractivity contribution < 1.29 is 4.79 Å². The Kier molecular flexibility index (Phi) is 6.73. The van der Waals surface area contributed by atoms with Crippen molar-refractivity contribution >= 4 is 23.1 Å². The summed E-state index contributed by atoms with van der Waals surface area (Å²) in [7, 11) is 0. The molecule has 2 nitrogen and oxygen atoms in total. The molecule has 0 spiro atoms. The average Bonchev–Trinajstić information content (AvgIpc) is 3.46. The number of carbonyl (C=O) groups is 1. The lowest BCUT2D eigenvalue weighted by molar-refractivity contribution is 0.0965. The topological polar surface area (TPSA) is 29.1 Å². The molecule has 26 heavy (non-hydrogen) atoms. The first kappa shape index (κ1) is 19.0. The van der Waals surface area contributed by atoms with E-state index < -0.39 is 0 Å². The number of unbranched alkanes of at least 4 members (excludes halogenated alkanes) is 4. The molecular formula is C23H28ClNO. The van der Waals surface area contributed by atoms with Crippen molar-refractivity contribution in [3.8, 4) is 0 Å². The largest absolute Gasteiger partial charge is 0.385 e. The summed E-state index contributed by atoms with van der Waals surface area (Å²) in [6.45, 7) is 3.23. The fraction of sp³-hybridized carbons (Fsp3) is 0.435. The molecule has 2 atom stereocenters. The molecule has 2 aromatic rings. The van der Waals surface area contributed by atoms with Crippen molar-refractivity contribution in [1.29, 1.82) is 0 Å². The van der Waals surface area contributed by atoms with Crippen LogP contribution in [0.4, 0.5) is 5.69 Å². The molecule has 0 amide bonds. The van der Waals surface area contributed by atoms with Gasteiger partial charge in [-0.25, -0.2) is 0 Å². The molecule has 0 aliphatic heterocycles. The van der Waals surface area contributed by atoms with Gasteiger partial charge >= 0.3 is 0 Å². The van der Waals surface area contributed by atoms with Crippen LogP contribution < -0.4 is 5.32 Å². The molecule has 2 aromatic carbocycles. The number of anilines is 1. The van der Waals surface area contributed by atoms with Gasteiger partial charge in [0.2, 0.25) is 0 Å². The molecule has 1 aliphatic rings. The number of hydrogen-bond acceptors (Lipinski definition) is 2. The number of Topliss-reactive ketones (excluding diaryl/α,β-unsaturated/α-hetero) is 1. The van der Waals surface area contributed by atoms with Crippen LogP contribution in [0.3, 0.4) is 0 Å². The zero-order valence-corrected chi connectivity index (χ0v) is 16.3. The Hall–Kier alpha value is -1.80. The molecule has 0 aromatic heterocycles. The fourth-order valence-electron chi connectivity index (χ4n) is 3.49. The minimum Gasteiger partial charge on any atom is -0.385 e. The van der Waals surface area contributed by atoms with Crippen LogP contribution in [0, 0.1) is 5.92 Å². The molecule has 138 valence electrons. The lowest BCUT2D eigenvalue weighted by Gasteiger charge is -2.07. The second-order valence-corrected chi connectivity index (χ2v) is 7.72. The Morgan fingerprint density at radius 1 is 1.00 bits per heavy atom. The normalized spacial score (nSPS) is 18.5. The van der Waals surface area contributed by atoms with Crippen molar-refractivity contribution in [3.63, 3.8) is 0 Å². The minimum atomic E-state index is 0.119. The number of nitrogens with one attached hydrogen (secondary N) is 1. The van der Waals surface area contributed by atoms with Crippen molar-refractivity contribution in [3.05, 3.63) is 64.7 Å². The smallest absolute Gasteiger partial charge is 0.166 e. The van der Waals surface area contributed by atoms with Gasteiger partial charge in [0.25, 0.3) is 0 Å². The molecule has 1 N–H and O–H groups in total. The van der Waals surface area contributed by atoms with Crippen molar-refractivity contribution in [1.82, 2.24) is 0 Å². The predicted molar refractivity (Wildman–Crippen MR) is 110 cm³/mol. The van der Waals surface area contributed by atoms with Gasteiger partial charge in [-0.2, -0.15) is 0 Å². The molecule has 1 fully saturated rings. The first-order chi connectivity index (χ1) is 12.7. The van der Waals surface area contributed by atoms with Crippen molar-refractivity contribution in [2.45, 2.75) is 51.4 Å². The number of halogens is 1. The first-order valence-electron chi connectivity index (χ1n) is 9.82. The molecule has 0 saturated heterocycles. The van der Waals surface area contributed by atoms with E-state index in [1.54, 1.807) is 0 Å². The quantitative estimate of drug-likeness (QED) is 0.372. The molecule has 0 bridgehead atoms. The van der Waals surface area contributed by atoms with Crippen LogP contribution in [0.25, 0.3) is 0 Å². The van der Waals surface area contributed by atoms with E-state index in [1.165, 1.54) is 37.7 Å². The first-order valence-corrected chi connectivity index (χ1v) is 10.2. The van der Waals surface area contributed by atoms with Crippen LogP contribution in [-0.4, -0.2) is 12.3 Å². The Labute approximate surface area is 162 Å². The maximum atomic E-state index is 12.7. The molecule has 1 aliphatic carbocycles. The molecule has 0 heterocycles. The maximum absolute atomic E-state index is 12.7. The van der Waals surface area contributed by atoms with Gasteiger partial charge < -0.3 is 5.32 Å². The minimum absolute atomic E-state index is 0.119. The van der Waals surface area contributed by atoms with Gasteiger partial charge in [0, 0.05) is 28.7 Å². The zero-order chi connectivity index (χ0) is 18.4. The van der Waals surface area contributed by atoms with Crippen LogP contribution in [0.1, 0.15) is 67.3 Å². The van der Waals surface area contributed by atoms with Crippen molar-refractivity contribution in [2.24, 2.45) is 5.92 Å². The monoisotopic (exact) mass is 369 g/mol. The van der Waals surface area contributed by atoms with Crippen LogP contribution in [0.5, 0.6) is 0 Å². The molecule has 2 unspecified atom stereocenters. The van der Waals surface area contributed by atoms with E-state index in [4.69, 9.17) is 11.6 Å². The highest BCUT2D eigenvalue weighted by Gasteiger charge is 2.43. The summed E-state index contributed by atoms with van der Waals surface area (Å²) in [6, 6.07) is 15.8. The Morgan fingerprint density at radius 3 is 2.38 bits per heavy atom. The maximum Gasteiger partial charge on any atom is 0.166 e. The third-order valence-corrected chi connectivity index (χ3v) is 5.46. The van der Waals surface area contributed by atoms with Crippen LogP contribution >= 0.6 is 11.6 Å². The van der Waals surface area contributed by atoms with E-state index in [9.17, 15) is 4.79 Å². The van der Waals surface area contributed by atoms with E-state index in [0.717, 1.165) is 29.2 Å². The summed E-state index contributed by atoms with van der Waals surface area (Å²) in [5.74, 6) is 0.727. The SMILES string of the molecule is CCCCCCCNc1ccc(C(=O)C2CC2c2ccc(Cl)cc2)cc1. The number of hydrogen-bond donors (Lipinski definition) is 1. The predicted octanol–water partition coefficient (Wildman–Crippen LogP) is 6.71. The fourth-order valence-corrected chi connectivity index (χ4v) is 3.62. The number of ketones is 1. The Balaban J connectivity index is 1.46. The second-order valence-electron chi connectivity index (χ2n) is 7.28. The molecular weight excluding hydrogens is 342 g/mol. The van der Waals surface area contributed by atoms with Gasteiger partial charge in [-0.05, 0) is 60.7 Å². The van der Waals surface area contributed by atoms with E-state index in [0.29, 0.717) is 5.92 Å². The average molecular weight is 370 g/mol. The molecule has 3 heteroatoms.